The molecule has 1 unspecified atom stereocenters. The fourth-order valence-corrected chi connectivity index (χ4v) is 2.79. The molecule has 1 fully saturated rings. The molecule has 1 aliphatic rings. The molecule has 2 rings (SSSR count). The Morgan fingerprint density at radius 3 is 3.18 bits per heavy atom. The van der Waals surface area contributed by atoms with Crippen molar-refractivity contribution < 1.29 is 9.53 Å². The first-order chi connectivity index (χ1) is 8.24. The number of ketones is 1. The molecule has 0 bridgehead atoms. The predicted octanol–water partition coefficient (Wildman–Crippen LogP) is 2.91. The summed E-state index contributed by atoms with van der Waals surface area (Å²) >= 11 is 1.61. The number of aromatic nitrogens is 1. The van der Waals surface area contributed by atoms with Gasteiger partial charge >= 0.3 is 0 Å². The summed E-state index contributed by atoms with van der Waals surface area (Å²) in [4.78, 5) is 16.0. The zero-order valence-electron chi connectivity index (χ0n) is 10.3. The fraction of sp³-hybridized carbons (Fsp3) is 0.692. The van der Waals surface area contributed by atoms with E-state index < -0.39 is 0 Å². The number of hydrogen-bond acceptors (Lipinski definition) is 4. The number of thiazole rings is 1. The second kappa shape index (κ2) is 6.26. The van der Waals surface area contributed by atoms with Crippen molar-refractivity contribution in [2.75, 3.05) is 6.61 Å². The van der Waals surface area contributed by atoms with Crippen molar-refractivity contribution in [2.24, 2.45) is 0 Å². The van der Waals surface area contributed by atoms with Gasteiger partial charge in [-0.1, -0.05) is 0 Å². The van der Waals surface area contributed by atoms with Gasteiger partial charge in [0.1, 0.15) is 5.78 Å². The van der Waals surface area contributed by atoms with Crippen LogP contribution in [0.1, 0.15) is 42.8 Å². The molecule has 1 atom stereocenters. The summed E-state index contributed by atoms with van der Waals surface area (Å²) in [5.74, 6) is 0.299. The van der Waals surface area contributed by atoms with E-state index in [0.717, 1.165) is 30.2 Å². The van der Waals surface area contributed by atoms with Gasteiger partial charge < -0.3 is 4.74 Å². The van der Waals surface area contributed by atoms with Gasteiger partial charge in [-0.25, -0.2) is 4.98 Å². The Morgan fingerprint density at radius 2 is 2.53 bits per heavy atom. The maximum absolute atomic E-state index is 11.7. The van der Waals surface area contributed by atoms with E-state index in [-0.39, 0.29) is 0 Å². The third-order valence-electron chi connectivity index (χ3n) is 3.05. The molecule has 2 heterocycles. The van der Waals surface area contributed by atoms with Crippen molar-refractivity contribution in [1.82, 2.24) is 4.98 Å². The van der Waals surface area contributed by atoms with Crippen LogP contribution in [0.25, 0.3) is 0 Å². The van der Waals surface area contributed by atoms with Gasteiger partial charge in [0.15, 0.2) is 0 Å². The minimum atomic E-state index is 0.299. The van der Waals surface area contributed by atoms with Gasteiger partial charge in [0, 0.05) is 24.8 Å². The number of carbonyl (C=O) groups excluding carboxylic acids is 1. The van der Waals surface area contributed by atoms with Gasteiger partial charge in [0.05, 0.1) is 16.8 Å². The monoisotopic (exact) mass is 253 g/mol. The Labute approximate surface area is 106 Å². The van der Waals surface area contributed by atoms with E-state index in [2.05, 4.69) is 4.98 Å². The largest absolute Gasteiger partial charge is 0.378 e. The standard InChI is InChI=1S/C13H19NO2S/c1-10-14-11(9-17-10)8-12(15)4-2-5-13-6-3-7-16-13/h9,13H,2-8H2,1H3. The number of rotatable bonds is 6. The van der Waals surface area contributed by atoms with E-state index in [1.54, 1.807) is 11.3 Å². The molecule has 1 aromatic heterocycles. The van der Waals surface area contributed by atoms with Gasteiger partial charge in [-0.2, -0.15) is 0 Å². The highest BCUT2D eigenvalue weighted by Gasteiger charge is 2.15. The summed E-state index contributed by atoms with van der Waals surface area (Å²) in [6.07, 6.45) is 5.89. The van der Waals surface area contributed by atoms with Gasteiger partial charge in [0.25, 0.3) is 0 Å². The molecule has 0 amide bonds. The summed E-state index contributed by atoms with van der Waals surface area (Å²) < 4.78 is 5.53. The Balaban J connectivity index is 1.63. The summed E-state index contributed by atoms with van der Waals surface area (Å²) in [6, 6.07) is 0. The number of carbonyl (C=O) groups is 1. The lowest BCUT2D eigenvalue weighted by atomic mass is 10.1. The molecule has 3 nitrogen and oxygen atoms in total. The van der Waals surface area contributed by atoms with E-state index >= 15 is 0 Å². The van der Waals surface area contributed by atoms with Crippen LogP contribution in [0, 0.1) is 6.92 Å². The summed E-state index contributed by atoms with van der Waals surface area (Å²) in [5.41, 5.74) is 0.926. The number of ether oxygens (including phenoxy) is 1. The second-order valence-corrected chi connectivity index (χ2v) is 5.66. The Bertz CT molecular complexity index is 369. The van der Waals surface area contributed by atoms with Crippen LogP contribution in [0.2, 0.25) is 0 Å². The summed E-state index contributed by atoms with van der Waals surface area (Å²) in [7, 11) is 0. The average molecular weight is 253 g/mol. The number of hydrogen-bond donors (Lipinski definition) is 0. The van der Waals surface area contributed by atoms with E-state index in [0.29, 0.717) is 24.7 Å². The van der Waals surface area contributed by atoms with Crippen molar-refractivity contribution in [3.63, 3.8) is 0 Å². The topological polar surface area (TPSA) is 39.2 Å². The summed E-state index contributed by atoms with van der Waals surface area (Å²) in [5, 5.41) is 3.01. The van der Waals surface area contributed by atoms with Crippen LogP contribution < -0.4 is 0 Å². The van der Waals surface area contributed by atoms with Gasteiger partial charge in [0.2, 0.25) is 0 Å². The third-order valence-corrected chi connectivity index (χ3v) is 3.87. The normalized spacial score (nSPS) is 19.7. The molecule has 1 aromatic rings. The molecule has 94 valence electrons. The molecular weight excluding hydrogens is 234 g/mol. The van der Waals surface area contributed by atoms with Crippen molar-refractivity contribution in [3.05, 3.63) is 16.1 Å². The lowest BCUT2D eigenvalue weighted by Crippen LogP contribution is -2.08. The lowest BCUT2D eigenvalue weighted by molar-refractivity contribution is -0.118. The Hall–Kier alpha value is -0.740. The van der Waals surface area contributed by atoms with Crippen LogP contribution in [-0.4, -0.2) is 23.5 Å². The van der Waals surface area contributed by atoms with Gasteiger partial charge in [-0.05, 0) is 32.6 Å². The summed E-state index contributed by atoms with van der Waals surface area (Å²) in [6.45, 7) is 2.87. The zero-order valence-corrected chi connectivity index (χ0v) is 11.1. The number of aryl methyl sites for hydroxylation is 1. The van der Waals surface area contributed by atoms with Crippen molar-refractivity contribution in [2.45, 2.75) is 51.6 Å². The predicted molar refractivity (Wildman–Crippen MR) is 68.4 cm³/mol. The SMILES string of the molecule is Cc1nc(CC(=O)CCCC2CCCO2)cs1. The molecule has 17 heavy (non-hydrogen) atoms. The first-order valence-electron chi connectivity index (χ1n) is 6.28. The van der Waals surface area contributed by atoms with Crippen molar-refractivity contribution in [3.8, 4) is 0 Å². The first kappa shape index (κ1) is 12.7. The highest BCUT2D eigenvalue weighted by atomic mass is 32.1. The molecule has 1 aliphatic heterocycles. The molecule has 0 saturated carbocycles. The molecule has 0 radical (unpaired) electrons. The smallest absolute Gasteiger partial charge is 0.138 e. The van der Waals surface area contributed by atoms with E-state index in [1.807, 2.05) is 12.3 Å². The maximum atomic E-state index is 11.7. The van der Waals surface area contributed by atoms with E-state index in [9.17, 15) is 4.79 Å². The number of Topliss-reactive ketones (excluding diaryl/α,β-unsaturated/α-hetero) is 1. The zero-order chi connectivity index (χ0) is 12.1. The first-order valence-corrected chi connectivity index (χ1v) is 7.16. The van der Waals surface area contributed by atoms with Gasteiger partial charge in [-0.15, -0.1) is 11.3 Å². The molecule has 1 saturated heterocycles. The van der Waals surface area contributed by atoms with Crippen LogP contribution in [0.15, 0.2) is 5.38 Å². The Kier molecular flexibility index (Phi) is 4.68. The second-order valence-electron chi connectivity index (χ2n) is 4.60. The molecule has 0 aliphatic carbocycles. The van der Waals surface area contributed by atoms with Gasteiger partial charge in [-0.3, -0.25) is 4.79 Å². The van der Waals surface area contributed by atoms with Crippen LogP contribution >= 0.6 is 11.3 Å². The number of nitrogens with zero attached hydrogens (tertiary/aromatic N) is 1. The molecule has 4 heteroatoms. The van der Waals surface area contributed by atoms with Crippen molar-refractivity contribution >= 4 is 17.1 Å². The van der Waals surface area contributed by atoms with Crippen molar-refractivity contribution in [1.29, 1.82) is 0 Å². The minimum absolute atomic E-state index is 0.299. The van der Waals surface area contributed by atoms with E-state index in [1.165, 1.54) is 12.8 Å². The molecule has 0 spiro atoms. The maximum Gasteiger partial charge on any atom is 0.138 e. The Morgan fingerprint density at radius 1 is 1.65 bits per heavy atom. The van der Waals surface area contributed by atoms with Crippen LogP contribution in [0.3, 0.4) is 0 Å². The van der Waals surface area contributed by atoms with Crippen LogP contribution in [0.4, 0.5) is 0 Å². The molecule has 0 N–H and O–H groups in total. The van der Waals surface area contributed by atoms with Crippen LogP contribution in [0.5, 0.6) is 0 Å². The quantitative estimate of drug-likeness (QED) is 0.782. The highest BCUT2D eigenvalue weighted by Crippen LogP contribution is 2.18. The molecular formula is C13H19NO2S. The highest BCUT2D eigenvalue weighted by molar-refractivity contribution is 7.09. The fourth-order valence-electron chi connectivity index (χ4n) is 2.18. The average Bonchev–Trinajstić information content (AvgIpc) is 2.90. The molecule has 0 aromatic carbocycles. The third kappa shape index (κ3) is 4.21. The minimum Gasteiger partial charge on any atom is -0.378 e. The lowest BCUT2D eigenvalue weighted by Gasteiger charge is -2.07. The van der Waals surface area contributed by atoms with E-state index in [4.69, 9.17) is 4.74 Å². The van der Waals surface area contributed by atoms with Crippen LogP contribution in [-0.2, 0) is 16.0 Å².